The third-order valence-corrected chi connectivity index (χ3v) is 3.23. The van der Waals surface area contributed by atoms with Crippen LogP contribution in [0.5, 0.6) is 5.75 Å². The van der Waals surface area contributed by atoms with E-state index in [4.69, 9.17) is 9.15 Å². The van der Waals surface area contributed by atoms with Crippen LogP contribution in [-0.4, -0.2) is 25.0 Å². The van der Waals surface area contributed by atoms with Gasteiger partial charge in [0.05, 0.1) is 6.61 Å². The van der Waals surface area contributed by atoms with Gasteiger partial charge < -0.3 is 14.5 Å². The van der Waals surface area contributed by atoms with Crippen LogP contribution in [0.1, 0.15) is 44.2 Å². The SMILES string of the molecule is CCC(=O)c1cc2cc(OCCCNC(C)C)ccc2o1. The van der Waals surface area contributed by atoms with Crippen LogP contribution < -0.4 is 10.1 Å². The van der Waals surface area contributed by atoms with Crippen molar-refractivity contribution in [1.82, 2.24) is 5.32 Å². The van der Waals surface area contributed by atoms with Crippen molar-refractivity contribution >= 4 is 16.8 Å². The lowest BCUT2D eigenvalue weighted by molar-refractivity contribution is 0.0963. The van der Waals surface area contributed by atoms with E-state index in [9.17, 15) is 4.79 Å². The summed E-state index contributed by atoms with van der Waals surface area (Å²) in [7, 11) is 0. The number of carbonyl (C=O) groups is 1. The summed E-state index contributed by atoms with van der Waals surface area (Å²) in [5.74, 6) is 1.25. The molecule has 0 aliphatic rings. The molecule has 2 rings (SSSR count). The van der Waals surface area contributed by atoms with Crippen molar-refractivity contribution in [2.45, 2.75) is 39.7 Å². The molecule has 0 saturated carbocycles. The molecule has 0 aliphatic heterocycles. The van der Waals surface area contributed by atoms with Crippen molar-refractivity contribution in [3.8, 4) is 5.75 Å². The molecule has 4 nitrogen and oxygen atoms in total. The molecule has 2 aromatic rings. The molecule has 0 atom stereocenters. The molecule has 0 bridgehead atoms. The molecule has 0 saturated heterocycles. The highest BCUT2D eigenvalue weighted by molar-refractivity contribution is 5.97. The number of rotatable bonds is 8. The quantitative estimate of drug-likeness (QED) is 0.593. The van der Waals surface area contributed by atoms with E-state index in [0.717, 1.165) is 29.7 Å². The zero-order valence-electron chi connectivity index (χ0n) is 12.9. The fourth-order valence-electron chi connectivity index (χ4n) is 2.08. The molecule has 4 heteroatoms. The molecule has 0 unspecified atom stereocenters. The van der Waals surface area contributed by atoms with Gasteiger partial charge in [-0.1, -0.05) is 20.8 Å². The molecule has 0 amide bonds. The predicted molar refractivity (Wildman–Crippen MR) is 84.1 cm³/mol. The van der Waals surface area contributed by atoms with Gasteiger partial charge in [0.2, 0.25) is 0 Å². The van der Waals surface area contributed by atoms with Gasteiger partial charge in [-0.05, 0) is 37.2 Å². The molecule has 1 aromatic heterocycles. The lowest BCUT2D eigenvalue weighted by Crippen LogP contribution is -2.24. The highest BCUT2D eigenvalue weighted by Gasteiger charge is 2.10. The van der Waals surface area contributed by atoms with Gasteiger partial charge in [0, 0.05) is 17.8 Å². The molecule has 114 valence electrons. The van der Waals surface area contributed by atoms with Crippen LogP contribution in [0.3, 0.4) is 0 Å². The first-order valence-electron chi connectivity index (χ1n) is 7.53. The number of hydrogen-bond donors (Lipinski definition) is 1. The first-order chi connectivity index (χ1) is 10.1. The van der Waals surface area contributed by atoms with Crippen LogP contribution in [0.25, 0.3) is 11.0 Å². The molecule has 0 aliphatic carbocycles. The number of benzene rings is 1. The van der Waals surface area contributed by atoms with Gasteiger partial charge >= 0.3 is 0 Å². The van der Waals surface area contributed by atoms with E-state index < -0.39 is 0 Å². The first kappa shape index (κ1) is 15.6. The van der Waals surface area contributed by atoms with E-state index >= 15 is 0 Å². The van der Waals surface area contributed by atoms with Crippen molar-refractivity contribution < 1.29 is 13.9 Å². The highest BCUT2D eigenvalue weighted by atomic mass is 16.5. The second-order valence-electron chi connectivity index (χ2n) is 5.40. The Labute approximate surface area is 125 Å². The van der Waals surface area contributed by atoms with Gasteiger partial charge in [-0.15, -0.1) is 0 Å². The summed E-state index contributed by atoms with van der Waals surface area (Å²) < 4.78 is 11.3. The average Bonchev–Trinajstić information content (AvgIpc) is 2.88. The van der Waals surface area contributed by atoms with E-state index in [2.05, 4.69) is 19.2 Å². The van der Waals surface area contributed by atoms with Crippen LogP contribution in [0.2, 0.25) is 0 Å². The summed E-state index contributed by atoms with van der Waals surface area (Å²) in [6.07, 6.45) is 1.41. The van der Waals surface area contributed by atoms with Gasteiger partial charge in [-0.2, -0.15) is 0 Å². The Morgan fingerprint density at radius 1 is 1.33 bits per heavy atom. The van der Waals surface area contributed by atoms with E-state index in [-0.39, 0.29) is 5.78 Å². The largest absolute Gasteiger partial charge is 0.494 e. The monoisotopic (exact) mass is 289 g/mol. The average molecular weight is 289 g/mol. The molecule has 0 spiro atoms. The Bertz CT molecular complexity index is 601. The number of furan rings is 1. The fourth-order valence-corrected chi connectivity index (χ4v) is 2.08. The normalized spacial score (nSPS) is 11.2. The first-order valence-corrected chi connectivity index (χ1v) is 7.53. The van der Waals surface area contributed by atoms with E-state index in [1.165, 1.54) is 0 Å². The Kier molecular flexibility index (Phi) is 5.39. The number of nitrogens with one attached hydrogen (secondary N) is 1. The number of ether oxygens (including phenoxy) is 1. The number of fused-ring (bicyclic) bond motifs is 1. The maximum absolute atomic E-state index is 11.6. The topological polar surface area (TPSA) is 51.5 Å². The standard InChI is InChI=1S/C17H23NO3/c1-4-15(19)17-11-13-10-14(6-7-16(13)21-17)20-9-5-8-18-12(2)3/h6-7,10-12,18H,4-5,8-9H2,1-3H3. The van der Waals surface area contributed by atoms with E-state index in [0.29, 0.717) is 24.8 Å². The molecule has 0 radical (unpaired) electrons. The number of Topliss-reactive ketones (excluding diaryl/α,β-unsaturated/α-hetero) is 1. The minimum Gasteiger partial charge on any atom is -0.494 e. The summed E-state index contributed by atoms with van der Waals surface area (Å²) in [5.41, 5.74) is 0.723. The molecule has 21 heavy (non-hydrogen) atoms. The number of hydrogen-bond acceptors (Lipinski definition) is 4. The highest BCUT2D eigenvalue weighted by Crippen LogP contribution is 2.25. The Morgan fingerprint density at radius 3 is 2.86 bits per heavy atom. The molecule has 1 aromatic carbocycles. The molecular formula is C17H23NO3. The van der Waals surface area contributed by atoms with E-state index in [1.807, 2.05) is 25.1 Å². The summed E-state index contributed by atoms with van der Waals surface area (Å²) in [6, 6.07) is 7.93. The van der Waals surface area contributed by atoms with Crippen LogP contribution in [0.15, 0.2) is 28.7 Å². The molecule has 1 heterocycles. The van der Waals surface area contributed by atoms with Gasteiger partial charge in [0.15, 0.2) is 11.5 Å². The maximum Gasteiger partial charge on any atom is 0.197 e. The second kappa shape index (κ2) is 7.27. The second-order valence-corrected chi connectivity index (χ2v) is 5.40. The van der Waals surface area contributed by atoms with Gasteiger partial charge in [-0.25, -0.2) is 0 Å². The summed E-state index contributed by atoms with van der Waals surface area (Å²) in [5, 5.41) is 4.26. The Morgan fingerprint density at radius 2 is 2.14 bits per heavy atom. The fraction of sp³-hybridized carbons (Fsp3) is 0.471. The zero-order valence-corrected chi connectivity index (χ0v) is 12.9. The maximum atomic E-state index is 11.6. The summed E-state index contributed by atoms with van der Waals surface area (Å²) in [4.78, 5) is 11.6. The minimum atomic E-state index is 0.0217. The Hall–Kier alpha value is -1.81. The zero-order chi connectivity index (χ0) is 15.2. The van der Waals surface area contributed by atoms with Gasteiger partial charge in [0.1, 0.15) is 11.3 Å². The summed E-state index contributed by atoms with van der Waals surface area (Å²) >= 11 is 0. The van der Waals surface area contributed by atoms with Crippen molar-refractivity contribution in [3.63, 3.8) is 0 Å². The van der Waals surface area contributed by atoms with Crippen molar-refractivity contribution in [3.05, 3.63) is 30.0 Å². The number of carbonyl (C=O) groups excluding carboxylic acids is 1. The van der Waals surface area contributed by atoms with E-state index in [1.54, 1.807) is 6.07 Å². The third-order valence-electron chi connectivity index (χ3n) is 3.23. The van der Waals surface area contributed by atoms with Crippen molar-refractivity contribution in [1.29, 1.82) is 0 Å². The van der Waals surface area contributed by atoms with Crippen LogP contribution in [-0.2, 0) is 0 Å². The summed E-state index contributed by atoms with van der Waals surface area (Å²) in [6.45, 7) is 7.70. The van der Waals surface area contributed by atoms with Crippen molar-refractivity contribution in [2.24, 2.45) is 0 Å². The van der Waals surface area contributed by atoms with Gasteiger partial charge in [0.25, 0.3) is 0 Å². The molecular weight excluding hydrogens is 266 g/mol. The molecule has 0 fully saturated rings. The Balaban J connectivity index is 1.94. The minimum absolute atomic E-state index is 0.0217. The molecule has 1 N–H and O–H groups in total. The third kappa shape index (κ3) is 4.33. The van der Waals surface area contributed by atoms with Crippen LogP contribution in [0, 0.1) is 0 Å². The smallest absolute Gasteiger partial charge is 0.197 e. The van der Waals surface area contributed by atoms with Gasteiger partial charge in [-0.3, -0.25) is 4.79 Å². The van der Waals surface area contributed by atoms with Crippen molar-refractivity contribution in [2.75, 3.05) is 13.2 Å². The van der Waals surface area contributed by atoms with Crippen LogP contribution >= 0.6 is 0 Å². The lowest BCUT2D eigenvalue weighted by atomic mass is 10.2. The number of ketones is 1. The predicted octanol–water partition coefficient (Wildman–Crippen LogP) is 3.79. The lowest BCUT2D eigenvalue weighted by Gasteiger charge is -2.09. The van der Waals surface area contributed by atoms with Crippen LogP contribution in [0.4, 0.5) is 0 Å².